The van der Waals surface area contributed by atoms with E-state index in [1.54, 1.807) is 7.05 Å². The van der Waals surface area contributed by atoms with E-state index in [1.165, 1.54) is 21.2 Å². The predicted molar refractivity (Wildman–Crippen MR) is 134 cm³/mol. The van der Waals surface area contributed by atoms with Gasteiger partial charge < -0.3 is 14.7 Å². The molecule has 2 atom stereocenters. The summed E-state index contributed by atoms with van der Waals surface area (Å²) in [5, 5.41) is 5.08. The van der Waals surface area contributed by atoms with E-state index in [1.807, 2.05) is 18.0 Å². The van der Waals surface area contributed by atoms with Gasteiger partial charge in [-0.15, -0.1) is 0 Å². The number of carbonyl (C=O) groups is 2. The van der Waals surface area contributed by atoms with Crippen molar-refractivity contribution in [1.82, 2.24) is 29.8 Å². The van der Waals surface area contributed by atoms with Crippen molar-refractivity contribution in [3.8, 4) is 0 Å². The van der Waals surface area contributed by atoms with Crippen LogP contribution in [0.15, 0.2) is 59.4 Å². The number of rotatable bonds is 5. The van der Waals surface area contributed by atoms with Gasteiger partial charge in [-0.2, -0.15) is 0 Å². The van der Waals surface area contributed by atoms with E-state index >= 15 is 0 Å². The Morgan fingerprint density at radius 3 is 2.54 bits per heavy atom. The predicted octanol–water partition coefficient (Wildman–Crippen LogP) is 1.68. The fourth-order valence-corrected chi connectivity index (χ4v) is 5.61. The minimum atomic E-state index is -0.495. The number of fused-ring (bicyclic) bond motifs is 4. The zero-order valence-electron chi connectivity index (χ0n) is 20.2. The van der Waals surface area contributed by atoms with E-state index in [9.17, 15) is 9.59 Å². The first-order chi connectivity index (χ1) is 17.0. The molecule has 182 valence electrons. The lowest BCUT2D eigenvalue weighted by molar-refractivity contribution is -0.126. The number of nitrogens with zero attached hydrogens (tertiary/aromatic N) is 6. The Morgan fingerprint density at radius 1 is 0.971 bits per heavy atom. The average Bonchev–Trinajstić information content (AvgIpc) is 3.37. The maximum Gasteiger partial charge on any atom is 0.325 e. The third-order valence-corrected chi connectivity index (χ3v) is 7.65. The number of guanidine groups is 1. The average molecular weight is 474 g/mol. The Hall–Kier alpha value is -3.43. The molecule has 1 N–H and O–H groups in total. The maximum absolute atomic E-state index is 12.5. The first kappa shape index (κ1) is 22.1. The topological polar surface area (TPSA) is 74.7 Å². The second kappa shape index (κ2) is 8.66. The molecule has 0 spiro atoms. The van der Waals surface area contributed by atoms with Crippen LogP contribution in [0.4, 0.5) is 4.79 Å². The maximum atomic E-state index is 12.5. The van der Waals surface area contributed by atoms with E-state index in [0.717, 1.165) is 57.5 Å². The molecule has 2 saturated heterocycles. The van der Waals surface area contributed by atoms with Gasteiger partial charge >= 0.3 is 6.03 Å². The summed E-state index contributed by atoms with van der Waals surface area (Å²) in [6, 6.07) is 14.3. The molecule has 4 aliphatic heterocycles. The number of benzene rings is 2. The molecule has 9 heteroatoms. The largest absolute Gasteiger partial charge is 0.325 e. The van der Waals surface area contributed by atoms with Gasteiger partial charge in [0.05, 0.1) is 0 Å². The molecule has 35 heavy (non-hydrogen) atoms. The van der Waals surface area contributed by atoms with Crippen molar-refractivity contribution in [3.63, 3.8) is 0 Å². The lowest BCUT2D eigenvalue weighted by Gasteiger charge is -2.36. The van der Waals surface area contributed by atoms with E-state index < -0.39 is 18.2 Å². The zero-order valence-corrected chi connectivity index (χ0v) is 20.2. The van der Waals surface area contributed by atoms with Gasteiger partial charge in [0.25, 0.3) is 5.91 Å². The van der Waals surface area contributed by atoms with Gasteiger partial charge in [0.1, 0.15) is 0 Å². The van der Waals surface area contributed by atoms with Crippen LogP contribution in [0, 0.1) is 0 Å². The standard InChI is InChI=1S/C26H31N7O2/c1-18-16-33-22-23(29(2)26(35)28-24(22)34)27-25(33)32(18)15-14-30-10-12-31(13-11-30)17-20-8-5-7-19-6-3-4-9-21(19)20/h3-9,16,22-23H,10-15,17H2,1-2H3,(H,28,34,35). The molecule has 0 saturated carbocycles. The number of amides is 3. The fourth-order valence-electron chi connectivity index (χ4n) is 5.61. The van der Waals surface area contributed by atoms with Crippen molar-refractivity contribution in [2.24, 2.45) is 4.99 Å². The summed E-state index contributed by atoms with van der Waals surface area (Å²) in [6.07, 6.45) is 1.50. The molecule has 2 fully saturated rings. The third-order valence-electron chi connectivity index (χ3n) is 7.65. The van der Waals surface area contributed by atoms with Crippen LogP contribution in [0.2, 0.25) is 0 Å². The second-order valence-electron chi connectivity index (χ2n) is 9.78. The Balaban J connectivity index is 1.05. The number of nitrogens with one attached hydrogen (secondary N) is 1. The SMILES string of the molecule is CC1=CN2C(=NC3C2C(=O)NC(=O)N3C)N1CCN1CCN(Cc2cccc3ccccc23)CC1. The first-order valence-corrected chi connectivity index (χ1v) is 12.3. The van der Waals surface area contributed by atoms with E-state index in [2.05, 4.69) is 62.5 Å². The van der Waals surface area contributed by atoms with Crippen LogP contribution in [0.1, 0.15) is 12.5 Å². The molecule has 2 aromatic carbocycles. The van der Waals surface area contributed by atoms with Gasteiger partial charge in [-0.25, -0.2) is 9.79 Å². The van der Waals surface area contributed by atoms with E-state index in [4.69, 9.17) is 4.99 Å². The summed E-state index contributed by atoms with van der Waals surface area (Å²) in [6.45, 7) is 8.91. The monoisotopic (exact) mass is 473 g/mol. The van der Waals surface area contributed by atoms with Gasteiger partial charge in [0.2, 0.25) is 5.96 Å². The van der Waals surface area contributed by atoms with Crippen LogP contribution in [-0.2, 0) is 11.3 Å². The number of aliphatic imine (C=N–C) groups is 1. The smallest absolute Gasteiger partial charge is 0.313 e. The highest BCUT2D eigenvalue weighted by Crippen LogP contribution is 2.31. The Bertz CT molecular complexity index is 1230. The highest BCUT2D eigenvalue weighted by Gasteiger charge is 2.51. The molecule has 0 bridgehead atoms. The second-order valence-corrected chi connectivity index (χ2v) is 9.78. The van der Waals surface area contributed by atoms with Crippen molar-refractivity contribution in [1.29, 1.82) is 0 Å². The van der Waals surface area contributed by atoms with Crippen LogP contribution < -0.4 is 5.32 Å². The van der Waals surface area contributed by atoms with E-state index in [0.29, 0.717) is 0 Å². The zero-order chi connectivity index (χ0) is 24.1. The Labute approximate surface area is 205 Å². The van der Waals surface area contributed by atoms with Gasteiger partial charge in [-0.05, 0) is 23.3 Å². The molecule has 4 heterocycles. The summed E-state index contributed by atoms with van der Waals surface area (Å²) in [4.78, 5) is 39.9. The minimum Gasteiger partial charge on any atom is -0.313 e. The van der Waals surface area contributed by atoms with Crippen LogP contribution >= 0.6 is 0 Å². The summed E-state index contributed by atoms with van der Waals surface area (Å²) >= 11 is 0. The fraction of sp³-hybridized carbons (Fsp3) is 0.423. The molecular weight excluding hydrogens is 442 g/mol. The number of imide groups is 1. The number of allylic oxidation sites excluding steroid dienone is 1. The molecule has 2 unspecified atom stereocenters. The quantitative estimate of drug-likeness (QED) is 0.713. The Kier molecular flexibility index (Phi) is 5.46. The van der Waals surface area contributed by atoms with Gasteiger partial charge in [0, 0.05) is 64.8 Å². The number of likely N-dealkylation sites (N-methyl/N-ethyl adjacent to an activating group) is 1. The van der Waals surface area contributed by atoms with Crippen LogP contribution in [0.3, 0.4) is 0 Å². The summed E-state index contributed by atoms with van der Waals surface area (Å²) in [5.74, 6) is 0.480. The minimum absolute atomic E-state index is 0.287. The lowest BCUT2D eigenvalue weighted by Crippen LogP contribution is -2.62. The molecule has 3 amide bonds. The van der Waals surface area contributed by atoms with Crippen molar-refractivity contribution in [2.45, 2.75) is 25.7 Å². The summed E-state index contributed by atoms with van der Waals surface area (Å²) in [7, 11) is 1.68. The number of hydrogen-bond donors (Lipinski definition) is 1. The molecule has 9 nitrogen and oxygen atoms in total. The van der Waals surface area contributed by atoms with Crippen LogP contribution in [0.25, 0.3) is 10.8 Å². The molecule has 4 aliphatic rings. The highest BCUT2D eigenvalue weighted by molar-refractivity contribution is 6.04. The molecule has 6 rings (SSSR count). The van der Waals surface area contributed by atoms with Crippen molar-refractivity contribution >= 4 is 28.7 Å². The number of hydrogen-bond acceptors (Lipinski definition) is 7. The molecule has 0 radical (unpaired) electrons. The van der Waals surface area contributed by atoms with Crippen molar-refractivity contribution < 1.29 is 9.59 Å². The lowest BCUT2D eigenvalue weighted by atomic mass is 10.0. The molecule has 0 aliphatic carbocycles. The van der Waals surface area contributed by atoms with Crippen molar-refractivity contribution in [3.05, 3.63) is 59.9 Å². The van der Waals surface area contributed by atoms with Crippen LogP contribution in [0.5, 0.6) is 0 Å². The van der Waals surface area contributed by atoms with Gasteiger partial charge in [-0.1, -0.05) is 42.5 Å². The molecule has 2 aromatic rings. The summed E-state index contributed by atoms with van der Waals surface area (Å²) < 4.78 is 0. The van der Waals surface area contributed by atoms with Gasteiger partial charge in [0.15, 0.2) is 12.2 Å². The van der Waals surface area contributed by atoms with E-state index in [-0.39, 0.29) is 5.91 Å². The first-order valence-electron chi connectivity index (χ1n) is 12.3. The molecule has 0 aromatic heterocycles. The number of carbonyl (C=O) groups excluding carboxylic acids is 2. The van der Waals surface area contributed by atoms with Crippen LogP contribution in [-0.4, -0.2) is 101 Å². The normalized spacial score (nSPS) is 25.0. The Morgan fingerprint density at radius 2 is 1.71 bits per heavy atom. The van der Waals surface area contributed by atoms with Crippen molar-refractivity contribution in [2.75, 3.05) is 46.3 Å². The molecular formula is C26H31N7O2. The number of urea groups is 1. The number of piperazine rings is 1. The van der Waals surface area contributed by atoms with Gasteiger partial charge in [-0.3, -0.25) is 19.9 Å². The third kappa shape index (κ3) is 3.84. The summed E-state index contributed by atoms with van der Waals surface area (Å²) in [5.41, 5.74) is 2.46. The highest BCUT2D eigenvalue weighted by atomic mass is 16.2.